The predicted molar refractivity (Wildman–Crippen MR) is 123 cm³/mol. The lowest BCUT2D eigenvalue weighted by atomic mass is 9.92. The highest BCUT2D eigenvalue weighted by molar-refractivity contribution is 6.10. The minimum atomic E-state index is -1.07. The van der Waals surface area contributed by atoms with Gasteiger partial charge in [0.2, 0.25) is 5.78 Å². The molecule has 5 aromatic carbocycles. The molecule has 0 unspecified atom stereocenters. The summed E-state index contributed by atoms with van der Waals surface area (Å²) in [6, 6.07) is 33.5. The van der Waals surface area contributed by atoms with Crippen LogP contribution < -0.4 is 9.47 Å². The number of carbonyl (C=O) groups is 1. The predicted octanol–water partition coefficient (Wildman–Crippen LogP) is 6.64. The Hall–Kier alpha value is -4.11. The van der Waals surface area contributed by atoms with Crippen molar-refractivity contribution in [2.45, 2.75) is 6.29 Å². The number of fused-ring (bicyclic) bond motifs is 7. The van der Waals surface area contributed by atoms with Crippen LogP contribution in [-0.2, 0) is 0 Å². The van der Waals surface area contributed by atoms with Crippen LogP contribution in [0.1, 0.15) is 10.4 Å². The van der Waals surface area contributed by atoms with Crippen molar-refractivity contribution in [2.24, 2.45) is 0 Å². The van der Waals surface area contributed by atoms with Crippen LogP contribution in [0.3, 0.4) is 0 Å². The van der Waals surface area contributed by atoms with Crippen molar-refractivity contribution in [3.05, 3.63) is 109 Å². The van der Waals surface area contributed by atoms with Gasteiger partial charge in [-0.2, -0.15) is 0 Å². The molecule has 0 bridgehead atoms. The SMILES string of the molecule is O=C(c1ccccc1)C1Oc2ccc3ccccc3c2-c2c(ccc3ccccc23)O1. The van der Waals surface area contributed by atoms with E-state index in [2.05, 4.69) is 24.3 Å². The van der Waals surface area contributed by atoms with Crippen LogP contribution in [0, 0.1) is 0 Å². The molecule has 5 aromatic rings. The summed E-state index contributed by atoms with van der Waals surface area (Å²) in [6.45, 7) is 0. The maximum absolute atomic E-state index is 13.2. The third-order valence-electron chi connectivity index (χ3n) is 5.77. The monoisotopic (exact) mass is 402 g/mol. The Morgan fingerprint density at radius 1 is 0.548 bits per heavy atom. The lowest BCUT2D eigenvalue weighted by Crippen LogP contribution is -2.32. The molecule has 1 aliphatic heterocycles. The number of rotatable bonds is 2. The summed E-state index contributed by atoms with van der Waals surface area (Å²) in [7, 11) is 0. The number of benzene rings is 5. The summed E-state index contributed by atoms with van der Waals surface area (Å²) in [5, 5.41) is 4.34. The fourth-order valence-electron chi connectivity index (χ4n) is 4.32. The van der Waals surface area contributed by atoms with Crippen molar-refractivity contribution in [1.29, 1.82) is 0 Å². The van der Waals surface area contributed by atoms with E-state index in [1.165, 1.54) is 0 Å². The van der Waals surface area contributed by atoms with Gasteiger partial charge >= 0.3 is 6.29 Å². The van der Waals surface area contributed by atoms with Gasteiger partial charge in [-0.15, -0.1) is 0 Å². The van der Waals surface area contributed by atoms with E-state index in [-0.39, 0.29) is 5.78 Å². The van der Waals surface area contributed by atoms with E-state index in [1.807, 2.05) is 66.7 Å². The third kappa shape index (κ3) is 2.86. The van der Waals surface area contributed by atoms with E-state index in [9.17, 15) is 4.79 Å². The second-order valence-corrected chi connectivity index (χ2v) is 7.62. The average Bonchev–Trinajstić information content (AvgIpc) is 3.01. The molecule has 1 heterocycles. The summed E-state index contributed by atoms with van der Waals surface area (Å²) in [4.78, 5) is 13.2. The Morgan fingerprint density at radius 2 is 1.03 bits per heavy atom. The lowest BCUT2D eigenvalue weighted by Gasteiger charge is -2.17. The number of hydrogen-bond acceptors (Lipinski definition) is 3. The van der Waals surface area contributed by atoms with E-state index in [0.29, 0.717) is 17.1 Å². The zero-order valence-corrected chi connectivity index (χ0v) is 16.6. The van der Waals surface area contributed by atoms with Gasteiger partial charge in [-0.05, 0) is 33.7 Å². The Morgan fingerprint density at radius 3 is 1.58 bits per heavy atom. The molecule has 0 radical (unpaired) electrons. The van der Waals surface area contributed by atoms with Gasteiger partial charge in [-0.25, -0.2) is 0 Å². The molecule has 0 amide bonds. The zero-order valence-electron chi connectivity index (χ0n) is 16.6. The third-order valence-corrected chi connectivity index (χ3v) is 5.77. The van der Waals surface area contributed by atoms with Crippen molar-refractivity contribution in [2.75, 3.05) is 0 Å². The highest BCUT2D eigenvalue weighted by Crippen LogP contribution is 2.47. The number of ketones is 1. The number of carbonyl (C=O) groups excluding carboxylic acids is 1. The summed E-state index contributed by atoms with van der Waals surface area (Å²) in [6.07, 6.45) is -1.07. The maximum atomic E-state index is 13.2. The van der Waals surface area contributed by atoms with Crippen LogP contribution in [-0.4, -0.2) is 12.1 Å². The van der Waals surface area contributed by atoms with Gasteiger partial charge in [-0.3, -0.25) is 4.79 Å². The molecule has 1 aliphatic rings. The van der Waals surface area contributed by atoms with Gasteiger partial charge in [0.15, 0.2) is 0 Å². The van der Waals surface area contributed by atoms with Crippen LogP contribution in [0.25, 0.3) is 32.7 Å². The highest BCUT2D eigenvalue weighted by Gasteiger charge is 2.31. The first kappa shape index (κ1) is 17.7. The van der Waals surface area contributed by atoms with Crippen LogP contribution >= 0.6 is 0 Å². The minimum Gasteiger partial charge on any atom is -0.447 e. The van der Waals surface area contributed by atoms with Crippen molar-refractivity contribution < 1.29 is 14.3 Å². The first-order valence-corrected chi connectivity index (χ1v) is 10.3. The number of Topliss-reactive ketones (excluding diaryl/α,β-unsaturated/α-hetero) is 1. The van der Waals surface area contributed by atoms with Gasteiger partial charge in [0.25, 0.3) is 0 Å². The molecular weight excluding hydrogens is 384 g/mol. The van der Waals surface area contributed by atoms with Gasteiger partial charge in [0.1, 0.15) is 11.5 Å². The molecule has 3 heteroatoms. The quantitative estimate of drug-likeness (QED) is 0.311. The summed E-state index contributed by atoms with van der Waals surface area (Å²) >= 11 is 0. The molecule has 148 valence electrons. The molecule has 0 aromatic heterocycles. The molecule has 0 aliphatic carbocycles. The normalized spacial score (nSPS) is 13.0. The molecule has 0 fully saturated rings. The molecule has 6 rings (SSSR count). The van der Waals surface area contributed by atoms with E-state index in [4.69, 9.17) is 9.47 Å². The molecule has 0 saturated carbocycles. The molecule has 0 atom stereocenters. The smallest absolute Gasteiger partial charge is 0.305 e. The fourth-order valence-corrected chi connectivity index (χ4v) is 4.32. The summed E-state index contributed by atoms with van der Waals surface area (Å²) < 4.78 is 12.5. The highest BCUT2D eigenvalue weighted by atomic mass is 16.7. The minimum absolute atomic E-state index is 0.208. The Kier molecular flexibility index (Phi) is 4.00. The molecule has 3 nitrogen and oxygen atoms in total. The zero-order chi connectivity index (χ0) is 20.8. The number of hydrogen-bond donors (Lipinski definition) is 0. The summed E-state index contributed by atoms with van der Waals surface area (Å²) in [5.74, 6) is 1.08. The van der Waals surface area contributed by atoms with Gasteiger partial charge < -0.3 is 9.47 Å². The summed E-state index contributed by atoms with van der Waals surface area (Å²) in [5.41, 5.74) is 2.46. The Labute approximate surface area is 179 Å². The van der Waals surface area contributed by atoms with Crippen LogP contribution in [0.15, 0.2) is 103 Å². The van der Waals surface area contributed by atoms with Crippen LogP contribution in [0.2, 0.25) is 0 Å². The van der Waals surface area contributed by atoms with Crippen molar-refractivity contribution in [3.63, 3.8) is 0 Å². The average molecular weight is 402 g/mol. The van der Waals surface area contributed by atoms with Crippen molar-refractivity contribution in [3.8, 4) is 22.6 Å². The second kappa shape index (κ2) is 6.99. The first-order chi connectivity index (χ1) is 15.3. The lowest BCUT2D eigenvalue weighted by molar-refractivity contribution is 0.0150. The van der Waals surface area contributed by atoms with E-state index in [1.54, 1.807) is 12.1 Å². The standard InChI is InChI=1S/C28H18O3/c29-27(20-10-2-1-3-11-20)28-30-23-16-14-18-8-4-6-12-21(18)25(23)26-22-13-7-5-9-19(22)15-17-24(26)31-28/h1-17,28H. The van der Waals surface area contributed by atoms with E-state index >= 15 is 0 Å². The van der Waals surface area contributed by atoms with Crippen LogP contribution in [0.5, 0.6) is 11.5 Å². The Bertz CT molecular complexity index is 1370. The van der Waals surface area contributed by atoms with Gasteiger partial charge in [0.05, 0.1) is 0 Å². The molecular formula is C28H18O3. The maximum Gasteiger partial charge on any atom is 0.305 e. The molecule has 31 heavy (non-hydrogen) atoms. The molecule has 0 spiro atoms. The van der Waals surface area contributed by atoms with Crippen LogP contribution in [0.4, 0.5) is 0 Å². The largest absolute Gasteiger partial charge is 0.447 e. The van der Waals surface area contributed by atoms with Crippen molar-refractivity contribution in [1.82, 2.24) is 0 Å². The first-order valence-electron chi connectivity index (χ1n) is 10.3. The fraction of sp³-hybridized carbons (Fsp3) is 0.0357. The Balaban J connectivity index is 1.65. The number of ether oxygens (including phenoxy) is 2. The second-order valence-electron chi connectivity index (χ2n) is 7.62. The van der Waals surface area contributed by atoms with Crippen molar-refractivity contribution >= 4 is 27.3 Å². The van der Waals surface area contributed by atoms with Gasteiger partial charge in [-0.1, -0.05) is 91.0 Å². The molecule has 0 N–H and O–H groups in total. The van der Waals surface area contributed by atoms with E-state index in [0.717, 1.165) is 32.7 Å². The topological polar surface area (TPSA) is 35.5 Å². The van der Waals surface area contributed by atoms with Gasteiger partial charge in [0, 0.05) is 16.7 Å². The van der Waals surface area contributed by atoms with E-state index < -0.39 is 6.29 Å². The molecule has 0 saturated heterocycles.